The van der Waals surface area contributed by atoms with Crippen LogP contribution in [0.4, 0.5) is 4.39 Å². The molecule has 0 unspecified atom stereocenters. The number of hydrogen-bond acceptors (Lipinski definition) is 4. The third-order valence-corrected chi connectivity index (χ3v) is 5.74. The number of carbonyl (C=O) groups excluding carboxylic acids is 2. The van der Waals surface area contributed by atoms with Crippen molar-refractivity contribution < 1.29 is 18.7 Å². The van der Waals surface area contributed by atoms with Gasteiger partial charge < -0.3 is 9.64 Å². The first-order valence-corrected chi connectivity index (χ1v) is 10.4. The van der Waals surface area contributed by atoms with Gasteiger partial charge in [0.1, 0.15) is 11.9 Å². The summed E-state index contributed by atoms with van der Waals surface area (Å²) in [7, 11) is 0. The molecule has 2 aromatic rings. The minimum absolute atomic E-state index is 0.0890. The van der Waals surface area contributed by atoms with Gasteiger partial charge in [-0.1, -0.05) is 29.8 Å². The Balaban J connectivity index is 1.39. The van der Waals surface area contributed by atoms with Crippen LogP contribution < -0.4 is 0 Å². The summed E-state index contributed by atoms with van der Waals surface area (Å²) in [6.45, 7) is 2.97. The number of hydrogen-bond donors (Lipinski definition) is 0. The topological polar surface area (TPSA) is 46.6 Å². The van der Waals surface area contributed by atoms with Crippen LogP contribution in [0.1, 0.15) is 35.2 Å². The largest absolute Gasteiger partial charge is 0.462 e. The molecule has 0 saturated carbocycles. The van der Waals surface area contributed by atoms with Crippen LogP contribution in [0.5, 0.6) is 0 Å². The van der Waals surface area contributed by atoms with Gasteiger partial charge >= 0.3 is 5.97 Å². The molecule has 0 N–H and O–H groups in total. The van der Waals surface area contributed by atoms with Gasteiger partial charge in [0.2, 0.25) is 0 Å². The molecule has 0 bridgehead atoms. The number of benzene rings is 2. The van der Waals surface area contributed by atoms with E-state index in [1.807, 2.05) is 19.1 Å². The molecule has 2 aromatic carbocycles. The average molecular weight is 402 g/mol. The zero-order valence-corrected chi connectivity index (χ0v) is 16.7. The van der Waals surface area contributed by atoms with Gasteiger partial charge in [-0.15, -0.1) is 11.8 Å². The second-order valence-corrected chi connectivity index (χ2v) is 8.04. The van der Waals surface area contributed by atoms with Gasteiger partial charge in [-0.25, -0.2) is 4.39 Å². The monoisotopic (exact) mass is 401 g/mol. The first-order valence-electron chi connectivity index (χ1n) is 9.45. The lowest BCUT2D eigenvalue weighted by atomic mass is 10.1. The van der Waals surface area contributed by atoms with E-state index in [0.717, 1.165) is 4.90 Å². The summed E-state index contributed by atoms with van der Waals surface area (Å²) in [6, 6.07) is 14.2. The smallest absolute Gasteiger partial charge is 0.306 e. The normalized spacial score (nSPS) is 14.7. The van der Waals surface area contributed by atoms with Crippen LogP contribution in [0.25, 0.3) is 0 Å². The van der Waals surface area contributed by atoms with Crippen LogP contribution in [0, 0.1) is 12.7 Å². The van der Waals surface area contributed by atoms with Gasteiger partial charge in [0.05, 0.1) is 12.0 Å². The van der Waals surface area contributed by atoms with Crippen LogP contribution in [0.15, 0.2) is 53.4 Å². The number of halogens is 1. The molecule has 0 aliphatic carbocycles. The molecule has 148 valence electrons. The molecule has 0 radical (unpaired) electrons. The van der Waals surface area contributed by atoms with E-state index in [9.17, 15) is 14.0 Å². The summed E-state index contributed by atoms with van der Waals surface area (Å²) in [6.07, 6.45) is 1.34. The Morgan fingerprint density at radius 2 is 1.79 bits per heavy atom. The van der Waals surface area contributed by atoms with Gasteiger partial charge in [-0.3, -0.25) is 9.59 Å². The van der Waals surface area contributed by atoms with Crippen LogP contribution in [-0.2, 0) is 9.53 Å². The summed E-state index contributed by atoms with van der Waals surface area (Å²) < 4.78 is 19.3. The minimum atomic E-state index is -0.507. The number of nitrogens with zero attached hydrogens (tertiary/aromatic N) is 1. The molecular formula is C22H24FNO3S. The number of rotatable bonds is 6. The van der Waals surface area contributed by atoms with Crippen molar-refractivity contribution in [3.63, 3.8) is 0 Å². The Morgan fingerprint density at radius 1 is 1.11 bits per heavy atom. The summed E-state index contributed by atoms with van der Waals surface area (Å²) in [4.78, 5) is 27.3. The van der Waals surface area contributed by atoms with E-state index in [1.54, 1.807) is 28.8 Å². The van der Waals surface area contributed by atoms with Crippen molar-refractivity contribution in [2.45, 2.75) is 37.2 Å². The van der Waals surface area contributed by atoms with Gasteiger partial charge in [-0.2, -0.15) is 0 Å². The number of carbonyl (C=O) groups is 2. The fourth-order valence-corrected chi connectivity index (χ4v) is 3.95. The number of thioether (sulfide) groups is 1. The molecular weight excluding hydrogens is 377 g/mol. The Hall–Kier alpha value is -2.34. The summed E-state index contributed by atoms with van der Waals surface area (Å²) in [5.74, 6) is -0.352. The minimum Gasteiger partial charge on any atom is -0.462 e. The number of piperidine rings is 1. The maximum atomic E-state index is 13.8. The van der Waals surface area contributed by atoms with Crippen LogP contribution in [-0.4, -0.2) is 41.7 Å². The van der Waals surface area contributed by atoms with E-state index in [2.05, 4.69) is 12.1 Å². The van der Waals surface area contributed by atoms with E-state index in [-0.39, 0.29) is 23.5 Å². The standard InChI is InChI=1S/C22H24FNO3S/c1-16-6-8-18(9-7-16)28-15-12-21(25)27-17-10-13-24(14-11-17)22(26)19-4-2-3-5-20(19)23/h2-9,17H,10-15H2,1H3. The van der Waals surface area contributed by atoms with Crippen LogP contribution >= 0.6 is 11.8 Å². The van der Waals surface area contributed by atoms with E-state index < -0.39 is 5.82 Å². The van der Waals surface area contributed by atoms with Crippen molar-refractivity contribution >= 4 is 23.6 Å². The van der Waals surface area contributed by atoms with Crippen LogP contribution in [0.2, 0.25) is 0 Å². The lowest BCUT2D eigenvalue weighted by molar-refractivity contribution is -0.150. The highest BCUT2D eigenvalue weighted by Gasteiger charge is 2.26. The summed E-state index contributed by atoms with van der Waals surface area (Å²) >= 11 is 1.63. The van der Waals surface area contributed by atoms with Crippen molar-refractivity contribution in [3.05, 3.63) is 65.5 Å². The van der Waals surface area contributed by atoms with Crippen molar-refractivity contribution in [1.82, 2.24) is 4.90 Å². The molecule has 1 amide bonds. The lowest BCUT2D eigenvalue weighted by Gasteiger charge is -2.31. The predicted molar refractivity (Wildman–Crippen MR) is 108 cm³/mol. The molecule has 0 atom stereocenters. The van der Waals surface area contributed by atoms with Crippen molar-refractivity contribution in [2.75, 3.05) is 18.8 Å². The number of esters is 1. The van der Waals surface area contributed by atoms with Crippen LogP contribution in [0.3, 0.4) is 0 Å². The molecule has 1 heterocycles. The SMILES string of the molecule is Cc1ccc(SCCC(=O)OC2CCN(C(=O)c3ccccc3F)CC2)cc1. The zero-order valence-electron chi connectivity index (χ0n) is 15.9. The van der Waals surface area contributed by atoms with E-state index >= 15 is 0 Å². The third kappa shape index (κ3) is 5.58. The molecule has 1 fully saturated rings. The molecule has 28 heavy (non-hydrogen) atoms. The van der Waals surface area contributed by atoms with Gasteiger partial charge in [0, 0.05) is 36.6 Å². The number of amides is 1. The van der Waals surface area contributed by atoms with Crippen molar-refractivity contribution in [3.8, 4) is 0 Å². The maximum Gasteiger partial charge on any atom is 0.306 e. The lowest BCUT2D eigenvalue weighted by Crippen LogP contribution is -2.41. The first-order chi connectivity index (χ1) is 13.5. The highest BCUT2D eigenvalue weighted by atomic mass is 32.2. The molecule has 0 aromatic heterocycles. The molecule has 1 saturated heterocycles. The van der Waals surface area contributed by atoms with E-state index in [4.69, 9.17) is 4.74 Å². The molecule has 0 spiro atoms. The zero-order chi connectivity index (χ0) is 19.9. The Morgan fingerprint density at radius 3 is 2.46 bits per heavy atom. The van der Waals surface area contributed by atoms with Gasteiger partial charge in [-0.05, 0) is 31.2 Å². The quantitative estimate of drug-likeness (QED) is 0.529. The molecule has 4 nitrogen and oxygen atoms in total. The predicted octanol–water partition coefficient (Wildman–Crippen LogP) is 4.46. The molecule has 1 aliphatic rings. The number of ether oxygens (including phenoxy) is 1. The highest BCUT2D eigenvalue weighted by Crippen LogP contribution is 2.21. The Labute approximate surface area is 169 Å². The first kappa shape index (κ1) is 20.4. The third-order valence-electron chi connectivity index (χ3n) is 4.73. The van der Waals surface area contributed by atoms with Crippen molar-refractivity contribution in [1.29, 1.82) is 0 Å². The second-order valence-electron chi connectivity index (χ2n) is 6.87. The van der Waals surface area contributed by atoms with Gasteiger partial charge in [0.25, 0.3) is 5.91 Å². The average Bonchev–Trinajstić information content (AvgIpc) is 2.70. The summed E-state index contributed by atoms with van der Waals surface area (Å²) in [5, 5.41) is 0. The van der Waals surface area contributed by atoms with Crippen molar-refractivity contribution in [2.24, 2.45) is 0 Å². The summed E-state index contributed by atoms with van der Waals surface area (Å²) in [5.41, 5.74) is 1.30. The fraction of sp³-hybridized carbons (Fsp3) is 0.364. The highest BCUT2D eigenvalue weighted by molar-refractivity contribution is 7.99. The Kier molecular flexibility index (Phi) is 7.09. The number of likely N-dealkylation sites (tertiary alicyclic amines) is 1. The maximum absolute atomic E-state index is 13.8. The van der Waals surface area contributed by atoms with E-state index in [0.29, 0.717) is 38.1 Å². The molecule has 6 heteroatoms. The molecule has 3 rings (SSSR count). The Bertz CT molecular complexity index is 817. The number of aryl methyl sites for hydroxylation is 1. The molecule has 1 aliphatic heterocycles. The van der Waals surface area contributed by atoms with Gasteiger partial charge in [0.15, 0.2) is 0 Å². The van der Waals surface area contributed by atoms with E-state index in [1.165, 1.54) is 17.7 Å². The second kappa shape index (κ2) is 9.73. The fourth-order valence-electron chi connectivity index (χ4n) is 3.11.